The Morgan fingerprint density at radius 1 is 1.18 bits per heavy atom. The predicted molar refractivity (Wildman–Crippen MR) is 40.4 cm³/mol. The Morgan fingerprint density at radius 2 is 1.91 bits per heavy atom. The first-order chi connectivity index (χ1) is 5.38. The van der Waals surface area contributed by atoms with E-state index < -0.39 is 0 Å². The molecular weight excluding hydrogens is 138 g/mol. The van der Waals surface area contributed by atoms with Gasteiger partial charge in [0.2, 0.25) is 0 Å². The Kier molecular flexibility index (Phi) is 2.09. The summed E-state index contributed by atoms with van der Waals surface area (Å²) in [5.74, 6) is 0. The molecule has 1 aromatic carbocycles. The highest BCUT2D eigenvalue weighted by Crippen LogP contribution is 2.11. The van der Waals surface area contributed by atoms with E-state index in [4.69, 9.17) is 10.5 Å². The maximum Gasteiger partial charge on any atom is 0.181 e. The van der Waals surface area contributed by atoms with Crippen molar-refractivity contribution in [1.82, 2.24) is 0 Å². The second kappa shape index (κ2) is 3.24. The van der Waals surface area contributed by atoms with E-state index in [2.05, 4.69) is 5.32 Å². The summed E-state index contributed by atoms with van der Waals surface area (Å²) in [6, 6.07) is 8.82. The van der Waals surface area contributed by atoms with Crippen LogP contribution in [-0.2, 0) is 0 Å². The molecule has 0 spiro atoms. The van der Waals surface area contributed by atoms with Crippen LogP contribution in [0.2, 0.25) is 0 Å². The molecule has 11 heavy (non-hydrogen) atoms. The molecule has 0 heterocycles. The zero-order chi connectivity index (χ0) is 8.10. The van der Waals surface area contributed by atoms with E-state index in [9.17, 15) is 0 Å². The summed E-state index contributed by atoms with van der Waals surface area (Å²) < 4.78 is 0. The monoisotopic (exact) mass is 143 g/mol. The summed E-state index contributed by atoms with van der Waals surface area (Å²) >= 11 is 0. The molecule has 0 fully saturated rings. The summed E-state index contributed by atoms with van der Waals surface area (Å²) in [4.78, 5) is 0. The normalized spacial score (nSPS) is 7.82. The average molecular weight is 143 g/mol. The Hall–Kier alpha value is -2.00. The fraction of sp³-hybridized carbons (Fsp3) is 0. The lowest BCUT2D eigenvalue weighted by Gasteiger charge is -1.96. The lowest BCUT2D eigenvalue weighted by Crippen LogP contribution is -1.89. The van der Waals surface area contributed by atoms with Crippen LogP contribution in [-0.4, -0.2) is 0 Å². The van der Waals surface area contributed by atoms with Crippen LogP contribution >= 0.6 is 0 Å². The average Bonchev–Trinajstić information content (AvgIpc) is 2.06. The van der Waals surface area contributed by atoms with Crippen LogP contribution in [0.15, 0.2) is 24.3 Å². The third-order valence-corrected chi connectivity index (χ3v) is 1.24. The number of hydrogen-bond acceptors (Lipinski definition) is 3. The van der Waals surface area contributed by atoms with Crippen molar-refractivity contribution in [3.8, 4) is 12.3 Å². The van der Waals surface area contributed by atoms with Crippen LogP contribution < -0.4 is 5.32 Å². The Morgan fingerprint density at radius 3 is 2.55 bits per heavy atom. The highest BCUT2D eigenvalue weighted by molar-refractivity contribution is 5.58. The van der Waals surface area contributed by atoms with Gasteiger partial charge in [0.15, 0.2) is 6.19 Å². The molecule has 0 radical (unpaired) electrons. The second-order valence-corrected chi connectivity index (χ2v) is 1.89. The lowest BCUT2D eigenvalue weighted by atomic mass is 10.2. The van der Waals surface area contributed by atoms with E-state index in [1.165, 1.54) is 0 Å². The Labute approximate surface area is 64.5 Å². The van der Waals surface area contributed by atoms with Gasteiger partial charge >= 0.3 is 0 Å². The molecule has 0 aromatic heterocycles. The van der Waals surface area contributed by atoms with Crippen molar-refractivity contribution >= 4 is 5.69 Å². The third kappa shape index (κ3) is 1.47. The number of nitrogens with one attached hydrogen (secondary N) is 1. The van der Waals surface area contributed by atoms with Gasteiger partial charge in [-0.1, -0.05) is 12.1 Å². The van der Waals surface area contributed by atoms with Crippen molar-refractivity contribution in [2.75, 3.05) is 5.32 Å². The molecule has 0 aliphatic heterocycles. The molecule has 0 aliphatic rings. The molecule has 0 atom stereocenters. The van der Waals surface area contributed by atoms with Gasteiger partial charge in [0, 0.05) is 0 Å². The summed E-state index contributed by atoms with van der Waals surface area (Å²) in [7, 11) is 0. The van der Waals surface area contributed by atoms with Crippen LogP contribution in [0, 0.1) is 22.8 Å². The number of rotatable bonds is 1. The van der Waals surface area contributed by atoms with Crippen molar-refractivity contribution in [3.05, 3.63) is 29.8 Å². The van der Waals surface area contributed by atoms with Crippen molar-refractivity contribution in [1.29, 1.82) is 10.5 Å². The molecule has 52 valence electrons. The van der Waals surface area contributed by atoms with Crippen molar-refractivity contribution in [3.63, 3.8) is 0 Å². The van der Waals surface area contributed by atoms with Crippen molar-refractivity contribution < 1.29 is 0 Å². The van der Waals surface area contributed by atoms with Crippen LogP contribution in [0.25, 0.3) is 0 Å². The molecule has 0 amide bonds. The van der Waals surface area contributed by atoms with Gasteiger partial charge in [0.05, 0.1) is 11.3 Å². The van der Waals surface area contributed by atoms with Gasteiger partial charge in [-0.05, 0) is 12.1 Å². The largest absolute Gasteiger partial charge is 0.291 e. The minimum Gasteiger partial charge on any atom is -0.291 e. The molecule has 1 aromatic rings. The molecular formula is C8H5N3. The zero-order valence-corrected chi connectivity index (χ0v) is 5.70. The van der Waals surface area contributed by atoms with Crippen molar-refractivity contribution in [2.45, 2.75) is 0 Å². The van der Waals surface area contributed by atoms with Gasteiger partial charge in [0.25, 0.3) is 0 Å². The maximum absolute atomic E-state index is 8.55. The fourth-order valence-corrected chi connectivity index (χ4v) is 0.750. The number of nitrogens with zero attached hydrogens (tertiary/aromatic N) is 2. The first-order valence-corrected chi connectivity index (χ1v) is 3.02. The summed E-state index contributed by atoms with van der Waals surface area (Å²) in [5.41, 5.74) is 1.03. The highest BCUT2D eigenvalue weighted by Gasteiger charge is 1.96. The summed E-state index contributed by atoms with van der Waals surface area (Å²) in [5, 5.41) is 19.2. The molecule has 3 nitrogen and oxygen atoms in total. The van der Waals surface area contributed by atoms with E-state index >= 15 is 0 Å². The van der Waals surface area contributed by atoms with Gasteiger partial charge in [0.1, 0.15) is 6.07 Å². The van der Waals surface area contributed by atoms with E-state index in [0.29, 0.717) is 11.3 Å². The van der Waals surface area contributed by atoms with Gasteiger partial charge < -0.3 is 0 Å². The topological polar surface area (TPSA) is 59.6 Å². The minimum atomic E-state index is 0.481. The number of hydrogen-bond donors (Lipinski definition) is 1. The van der Waals surface area contributed by atoms with Crippen LogP contribution in [0.5, 0.6) is 0 Å². The SMILES string of the molecule is N#CNc1ccccc1C#N. The third-order valence-electron chi connectivity index (χ3n) is 1.24. The molecule has 1 rings (SSSR count). The first kappa shape index (κ1) is 7.11. The van der Waals surface area contributed by atoms with Crippen LogP contribution in [0.4, 0.5) is 5.69 Å². The lowest BCUT2D eigenvalue weighted by molar-refractivity contribution is 1.44. The smallest absolute Gasteiger partial charge is 0.181 e. The predicted octanol–water partition coefficient (Wildman–Crippen LogP) is 1.45. The number of benzene rings is 1. The molecule has 0 aliphatic carbocycles. The minimum absolute atomic E-state index is 0.481. The standard InChI is InChI=1S/C8H5N3/c9-5-7-3-1-2-4-8(7)11-6-10/h1-4,11H. The zero-order valence-electron chi connectivity index (χ0n) is 5.70. The second-order valence-electron chi connectivity index (χ2n) is 1.89. The molecule has 1 N–H and O–H groups in total. The van der Waals surface area contributed by atoms with Crippen molar-refractivity contribution in [2.24, 2.45) is 0 Å². The van der Waals surface area contributed by atoms with Gasteiger partial charge in [-0.25, -0.2) is 0 Å². The molecule has 0 unspecified atom stereocenters. The molecule has 0 saturated carbocycles. The van der Waals surface area contributed by atoms with Gasteiger partial charge in [-0.3, -0.25) is 5.32 Å². The van der Waals surface area contributed by atoms with E-state index in [1.54, 1.807) is 30.5 Å². The van der Waals surface area contributed by atoms with Crippen LogP contribution in [0.1, 0.15) is 5.56 Å². The van der Waals surface area contributed by atoms with Crippen LogP contribution in [0.3, 0.4) is 0 Å². The highest BCUT2D eigenvalue weighted by atomic mass is 14.9. The number of anilines is 1. The van der Waals surface area contributed by atoms with E-state index in [-0.39, 0.29) is 0 Å². The number of para-hydroxylation sites is 1. The van der Waals surface area contributed by atoms with E-state index in [1.807, 2.05) is 6.07 Å². The molecule has 0 saturated heterocycles. The molecule has 3 heteroatoms. The Bertz CT molecular complexity index is 330. The fourth-order valence-electron chi connectivity index (χ4n) is 0.750. The Balaban J connectivity index is 3.07. The first-order valence-electron chi connectivity index (χ1n) is 3.02. The maximum atomic E-state index is 8.55. The van der Waals surface area contributed by atoms with Gasteiger partial charge in [-0.15, -0.1) is 0 Å². The van der Waals surface area contributed by atoms with E-state index in [0.717, 1.165) is 0 Å². The quantitative estimate of drug-likeness (QED) is 0.478. The molecule has 0 bridgehead atoms. The summed E-state index contributed by atoms with van der Waals surface area (Å²) in [6.45, 7) is 0. The van der Waals surface area contributed by atoms with Gasteiger partial charge in [-0.2, -0.15) is 10.5 Å². The summed E-state index contributed by atoms with van der Waals surface area (Å²) in [6.07, 6.45) is 1.76. The number of nitriles is 2.